The first kappa shape index (κ1) is 16.3. The van der Waals surface area contributed by atoms with Crippen LogP contribution < -0.4 is 15.6 Å². The second kappa shape index (κ2) is 9.07. The molecule has 0 atom stereocenters. The van der Waals surface area contributed by atoms with Gasteiger partial charge in [-0.15, -0.1) is 11.8 Å². The Balaban J connectivity index is 1.62. The van der Waals surface area contributed by atoms with E-state index in [-0.39, 0.29) is 11.1 Å². The summed E-state index contributed by atoms with van der Waals surface area (Å²) in [5, 5.41) is 0.104. The van der Waals surface area contributed by atoms with Gasteiger partial charge in [0, 0.05) is 5.75 Å². The summed E-state index contributed by atoms with van der Waals surface area (Å²) >= 11 is 6.52. The van der Waals surface area contributed by atoms with Crippen LogP contribution in [0, 0.1) is 0 Å². The Hall–Kier alpha value is -2.05. The lowest BCUT2D eigenvalue weighted by atomic mass is 10.2. The summed E-state index contributed by atoms with van der Waals surface area (Å²) in [6.07, 6.45) is 0. The zero-order valence-electron chi connectivity index (χ0n) is 11.8. The smallest absolute Gasteiger partial charge is 0.281 e. The molecule has 114 valence electrons. The highest BCUT2D eigenvalue weighted by Gasteiger charge is 2.04. The quantitative estimate of drug-likeness (QED) is 0.651. The first-order chi connectivity index (χ1) is 10.7. The van der Waals surface area contributed by atoms with E-state index in [1.54, 1.807) is 12.1 Å². The first-order valence-corrected chi connectivity index (χ1v) is 8.24. The standard InChI is InChI=1S/C16H16N2O2S2/c19-15(12-22-11-13-7-3-1-4-8-13)17-18-16(21)20-14-9-5-2-6-10-14/h1-10H,11-12H2,(H,17,19)(H,18,21). The number of nitrogens with one attached hydrogen (secondary N) is 2. The number of para-hydroxylation sites is 1. The third kappa shape index (κ3) is 6.15. The summed E-state index contributed by atoms with van der Waals surface area (Å²) in [4.78, 5) is 11.7. The number of thiocarbonyl (C=S) groups is 1. The predicted molar refractivity (Wildman–Crippen MR) is 93.6 cm³/mol. The molecule has 0 spiro atoms. The topological polar surface area (TPSA) is 50.4 Å². The van der Waals surface area contributed by atoms with Crippen molar-refractivity contribution in [3.05, 3.63) is 66.2 Å². The molecule has 0 saturated carbocycles. The molecular weight excluding hydrogens is 316 g/mol. The monoisotopic (exact) mass is 332 g/mol. The summed E-state index contributed by atoms with van der Waals surface area (Å²) < 4.78 is 5.34. The minimum atomic E-state index is -0.153. The number of thioether (sulfide) groups is 1. The largest absolute Gasteiger partial charge is 0.431 e. The highest BCUT2D eigenvalue weighted by molar-refractivity contribution is 7.99. The van der Waals surface area contributed by atoms with Crippen LogP contribution in [0.5, 0.6) is 5.75 Å². The lowest BCUT2D eigenvalue weighted by molar-refractivity contribution is -0.119. The maximum absolute atomic E-state index is 11.7. The molecule has 2 aromatic rings. The Labute approximate surface area is 139 Å². The van der Waals surface area contributed by atoms with E-state index < -0.39 is 0 Å². The van der Waals surface area contributed by atoms with E-state index in [2.05, 4.69) is 10.9 Å². The highest BCUT2D eigenvalue weighted by Crippen LogP contribution is 2.11. The molecule has 0 aliphatic rings. The SMILES string of the molecule is O=C(CSCc1ccccc1)NNC(=S)Oc1ccccc1. The average Bonchev–Trinajstić information content (AvgIpc) is 2.55. The normalized spacial score (nSPS) is 9.82. The van der Waals surface area contributed by atoms with Gasteiger partial charge in [-0.1, -0.05) is 48.5 Å². The van der Waals surface area contributed by atoms with E-state index in [9.17, 15) is 4.79 Å². The third-order valence-corrected chi connectivity index (χ3v) is 3.79. The van der Waals surface area contributed by atoms with Gasteiger partial charge >= 0.3 is 0 Å². The lowest BCUT2D eigenvalue weighted by Gasteiger charge is -2.10. The zero-order chi connectivity index (χ0) is 15.6. The van der Waals surface area contributed by atoms with Crippen molar-refractivity contribution in [2.75, 3.05) is 5.75 Å². The van der Waals surface area contributed by atoms with E-state index in [0.717, 1.165) is 5.75 Å². The predicted octanol–water partition coefficient (Wildman–Crippen LogP) is 2.90. The van der Waals surface area contributed by atoms with Crippen LogP contribution in [0.25, 0.3) is 0 Å². The van der Waals surface area contributed by atoms with Gasteiger partial charge in [0.2, 0.25) is 5.91 Å². The maximum atomic E-state index is 11.7. The fourth-order valence-corrected chi connectivity index (χ4v) is 2.55. The summed E-state index contributed by atoms with van der Waals surface area (Å²) in [7, 11) is 0. The van der Waals surface area contributed by atoms with E-state index >= 15 is 0 Å². The van der Waals surface area contributed by atoms with Gasteiger partial charge in [-0.3, -0.25) is 15.6 Å². The Morgan fingerprint density at radius 3 is 2.32 bits per heavy atom. The number of hydrogen-bond acceptors (Lipinski definition) is 4. The molecule has 2 N–H and O–H groups in total. The molecule has 1 amide bonds. The van der Waals surface area contributed by atoms with Gasteiger partial charge in [-0.25, -0.2) is 0 Å². The summed E-state index contributed by atoms with van der Waals surface area (Å²) in [5.41, 5.74) is 6.28. The minimum absolute atomic E-state index is 0.104. The van der Waals surface area contributed by atoms with Crippen molar-refractivity contribution >= 4 is 35.1 Å². The van der Waals surface area contributed by atoms with Gasteiger partial charge in [-0.2, -0.15) is 0 Å². The van der Waals surface area contributed by atoms with Gasteiger partial charge in [-0.05, 0) is 29.9 Å². The van der Waals surface area contributed by atoms with Crippen molar-refractivity contribution < 1.29 is 9.53 Å². The van der Waals surface area contributed by atoms with Crippen LogP contribution in [0.3, 0.4) is 0 Å². The van der Waals surface area contributed by atoms with Crippen molar-refractivity contribution in [3.63, 3.8) is 0 Å². The molecule has 0 fully saturated rings. The van der Waals surface area contributed by atoms with Crippen molar-refractivity contribution in [3.8, 4) is 5.75 Å². The average molecular weight is 332 g/mol. The van der Waals surface area contributed by atoms with E-state index in [4.69, 9.17) is 17.0 Å². The van der Waals surface area contributed by atoms with Gasteiger partial charge in [0.05, 0.1) is 5.75 Å². The molecule has 0 bridgehead atoms. The number of amides is 1. The summed E-state index contributed by atoms with van der Waals surface area (Å²) in [6.45, 7) is 0. The van der Waals surface area contributed by atoms with Crippen LogP contribution in [0.4, 0.5) is 0 Å². The Morgan fingerprint density at radius 2 is 1.64 bits per heavy atom. The Bertz CT molecular complexity index is 606. The second-order valence-electron chi connectivity index (χ2n) is 4.35. The number of ether oxygens (including phenoxy) is 1. The molecule has 0 unspecified atom stereocenters. The van der Waals surface area contributed by atoms with Gasteiger partial charge in [0.1, 0.15) is 5.75 Å². The lowest BCUT2D eigenvalue weighted by Crippen LogP contribution is -2.43. The van der Waals surface area contributed by atoms with Crippen molar-refractivity contribution in [2.24, 2.45) is 0 Å². The fraction of sp³-hybridized carbons (Fsp3) is 0.125. The molecule has 2 rings (SSSR count). The van der Waals surface area contributed by atoms with E-state index in [1.807, 2.05) is 48.5 Å². The molecule has 0 radical (unpaired) electrons. The van der Waals surface area contributed by atoms with Crippen molar-refractivity contribution in [1.82, 2.24) is 10.9 Å². The number of rotatable bonds is 5. The molecule has 6 heteroatoms. The molecule has 0 aliphatic carbocycles. The molecule has 0 saturated heterocycles. The molecule has 0 aliphatic heterocycles. The second-order valence-corrected chi connectivity index (χ2v) is 5.71. The third-order valence-electron chi connectivity index (χ3n) is 2.60. The molecule has 22 heavy (non-hydrogen) atoms. The van der Waals surface area contributed by atoms with Crippen LogP contribution in [-0.4, -0.2) is 16.8 Å². The van der Waals surface area contributed by atoms with Crippen LogP contribution in [-0.2, 0) is 10.5 Å². The molecule has 0 heterocycles. The number of benzene rings is 2. The number of hydrazine groups is 1. The maximum Gasteiger partial charge on any atom is 0.281 e. The van der Waals surface area contributed by atoms with Crippen molar-refractivity contribution in [1.29, 1.82) is 0 Å². The number of carbonyl (C=O) groups is 1. The van der Waals surface area contributed by atoms with Crippen LogP contribution in [0.15, 0.2) is 60.7 Å². The molecule has 0 aromatic heterocycles. The number of hydrogen-bond donors (Lipinski definition) is 2. The van der Waals surface area contributed by atoms with Gasteiger partial charge < -0.3 is 4.74 Å². The van der Waals surface area contributed by atoms with Gasteiger partial charge in [0.25, 0.3) is 5.17 Å². The van der Waals surface area contributed by atoms with Gasteiger partial charge in [0.15, 0.2) is 0 Å². The molecular formula is C16H16N2O2S2. The Morgan fingerprint density at radius 1 is 1.00 bits per heavy atom. The van der Waals surface area contributed by atoms with E-state index in [0.29, 0.717) is 11.5 Å². The van der Waals surface area contributed by atoms with Crippen LogP contribution >= 0.6 is 24.0 Å². The molecule has 4 nitrogen and oxygen atoms in total. The van der Waals surface area contributed by atoms with Crippen molar-refractivity contribution in [2.45, 2.75) is 5.75 Å². The zero-order valence-corrected chi connectivity index (χ0v) is 13.5. The number of carbonyl (C=O) groups excluding carboxylic acids is 1. The van der Waals surface area contributed by atoms with Crippen LogP contribution in [0.2, 0.25) is 0 Å². The first-order valence-electron chi connectivity index (χ1n) is 6.67. The summed E-state index contributed by atoms with van der Waals surface area (Å²) in [6, 6.07) is 19.1. The molecule has 2 aromatic carbocycles. The Kier molecular flexibility index (Phi) is 6.73. The van der Waals surface area contributed by atoms with E-state index in [1.165, 1.54) is 17.3 Å². The fourth-order valence-electron chi connectivity index (χ4n) is 1.61. The van der Waals surface area contributed by atoms with Crippen LogP contribution in [0.1, 0.15) is 5.56 Å². The summed E-state index contributed by atoms with van der Waals surface area (Å²) in [5.74, 6) is 1.60. The minimum Gasteiger partial charge on any atom is -0.431 e. The highest BCUT2D eigenvalue weighted by atomic mass is 32.2.